The molecule has 0 N–H and O–H groups in total. The Kier molecular flexibility index (Phi) is 3.05. The molecule has 1 aromatic carbocycles. The van der Waals surface area contributed by atoms with E-state index in [9.17, 15) is 4.79 Å². The molecule has 1 amide bonds. The van der Waals surface area contributed by atoms with E-state index in [2.05, 4.69) is 9.97 Å². The molecule has 4 nitrogen and oxygen atoms in total. The quantitative estimate of drug-likeness (QED) is 0.691. The third kappa shape index (κ3) is 2.04. The van der Waals surface area contributed by atoms with Crippen molar-refractivity contribution in [3.05, 3.63) is 65.1 Å². The van der Waals surface area contributed by atoms with Crippen LogP contribution in [-0.2, 0) is 6.42 Å². The van der Waals surface area contributed by atoms with Crippen LogP contribution in [0.5, 0.6) is 0 Å². The summed E-state index contributed by atoms with van der Waals surface area (Å²) in [6.07, 6.45) is 6.03. The van der Waals surface area contributed by atoms with Gasteiger partial charge in [0.15, 0.2) is 0 Å². The van der Waals surface area contributed by atoms with Crippen molar-refractivity contribution < 1.29 is 4.79 Å². The number of aromatic nitrogens is 2. The average Bonchev–Trinajstić information content (AvgIpc) is 2.97. The van der Waals surface area contributed by atoms with Gasteiger partial charge in [-0.1, -0.05) is 17.7 Å². The number of anilines is 1. The lowest BCUT2D eigenvalue weighted by Gasteiger charge is -2.18. The van der Waals surface area contributed by atoms with E-state index in [1.54, 1.807) is 23.4 Å². The Morgan fingerprint density at radius 2 is 2.14 bits per heavy atom. The fraction of sp³-hybridized carbons (Fsp3) is 0.118. The highest BCUT2D eigenvalue weighted by Crippen LogP contribution is 2.30. The molecule has 0 spiro atoms. The molecule has 0 saturated heterocycles. The zero-order chi connectivity index (χ0) is 15.1. The standard InChI is InChI=1S/C17H12ClN3O/c18-13-8-11-2-1-5-20-16(11)14(9-13)17(22)21-7-4-12-10-19-6-3-15(12)21/h1-3,5-6,8-10H,4,7H2. The van der Waals surface area contributed by atoms with Crippen molar-refractivity contribution in [3.8, 4) is 0 Å². The van der Waals surface area contributed by atoms with Gasteiger partial charge in [0.1, 0.15) is 0 Å². The second-order valence-electron chi connectivity index (χ2n) is 5.24. The predicted octanol–water partition coefficient (Wildman–Crippen LogP) is 3.49. The molecular formula is C17H12ClN3O. The van der Waals surface area contributed by atoms with Crippen LogP contribution in [0.4, 0.5) is 5.69 Å². The van der Waals surface area contributed by atoms with E-state index < -0.39 is 0 Å². The summed E-state index contributed by atoms with van der Waals surface area (Å²) in [6.45, 7) is 0.653. The summed E-state index contributed by atoms with van der Waals surface area (Å²) in [7, 11) is 0. The summed E-state index contributed by atoms with van der Waals surface area (Å²) in [5.74, 6) is -0.0730. The van der Waals surface area contributed by atoms with Gasteiger partial charge >= 0.3 is 0 Å². The van der Waals surface area contributed by atoms with Crippen LogP contribution in [0.15, 0.2) is 48.9 Å². The molecule has 5 heteroatoms. The Morgan fingerprint density at radius 1 is 1.23 bits per heavy atom. The van der Waals surface area contributed by atoms with Gasteiger partial charge in [0.2, 0.25) is 0 Å². The second-order valence-corrected chi connectivity index (χ2v) is 5.68. The molecule has 108 valence electrons. The number of carbonyl (C=O) groups is 1. The minimum atomic E-state index is -0.0730. The number of fused-ring (bicyclic) bond motifs is 2. The van der Waals surface area contributed by atoms with Crippen LogP contribution in [0, 0.1) is 0 Å². The molecule has 0 saturated carbocycles. The third-order valence-corrected chi connectivity index (χ3v) is 4.14. The van der Waals surface area contributed by atoms with E-state index >= 15 is 0 Å². The number of hydrogen-bond acceptors (Lipinski definition) is 3. The monoisotopic (exact) mass is 309 g/mol. The SMILES string of the molecule is O=C(c1cc(Cl)cc2cccnc12)N1CCc2cnccc21. The number of benzene rings is 1. The lowest BCUT2D eigenvalue weighted by molar-refractivity contribution is 0.0991. The van der Waals surface area contributed by atoms with Crippen LogP contribution >= 0.6 is 11.6 Å². The highest BCUT2D eigenvalue weighted by Gasteiger charge is 2.27. The van der Waals surface area contributed by atoms with Crippen molar-refractivity contribution in [2.24, 2.45) is 0 Å². The summed E-state index contributed by atoms with van der Waals surface area (Å²) in [6, 6.07) is 9.14. The van der Waals surface area contributed by atoms with Gasteiger partial charge in [0.05, 0.1) is 16.8 Å². The van der Waals surface area contributed by atoms with E-state index in [1.165, 1.54) is 0 Å². The molecule has 22 heavy (non-hydrogen) atoms. The first-order chi connectivity index (χ1) is 10.7. The van der Waals surface area contributed by atoms with Gasteiger partial charge in [0, 0.05) is 35.5 Å². The van der Waals surface area contributed by atoms with Crippen LogP contribution < -0.4 is 4.90 Å². The molecule has 0 radical (unpaired) electrons. The summed E-state index contributed by atoms with van der Waals surface area (Å²) >= 11 is 6.17. The molecule has 0 bridgehead atoms. The van der Waals surface area contributed by atoms with Crippen LogP contribution in [0.2, 0.25) is 5.02 Å². The molecule has 0 atom stereocenters. The number of rotatable bonds is 1. The van der Waals surface area contributed by atoms with Crippen molar-refractivity contribution in [2.75, 3.05) is 11.4 Å². The highest BCUT2D eigenvalue weighted by atomic mass is 35.5. The van der Waals surface area contributed by atoms with Crippen molar-refractivity contribution in [3.63, 3.8) is 0 Å². The third-order valence-electron chi connectivity index (χ3n) is 3.92. The number of hydrogen-bond donors (Lipinski definition) is 0. The van der Waals surface area contributed by atoms with Crippen molar-refractivity contribution in [1.29, 1.82) is 0 Å². The number of amides is 1. The van der Waals surface area contributed by atoms with Gasteiger partial charge in [0.25, 0.3) is 5.91 Å². The molecule has 0 unspecified atom stereocenters. The Hall–Kier alpha value is -2.46. The minimum absolute atomic E-state index is 0.0730. The van der Waals surface area contributed by atoms with Gasteiger partial charge in [-0.25, -0.2) is 0 Å². The largest absolute Gasteiger partial charge is 0.308 e. The molecule has 0 fully saturated rings. The summed E-state index contributed by atoms with van der Waals surface area (Å²) < 4.78 is 0. The first-order valence-corrected chi connectivity index (χ1v) is 7.41. The van der Waals surface area contributed by atoms with Gasteiger partial charge in [-0.15, -0.1) is 0 Å². The second kappa shape index (κ2) is 5.07. The molecular weight excluding hydrogens is 298 g/mol. The lowest BCUT2D eigenvalue weighted by atomic mass is 10.1. The molecule has 3 aromatic rings. The molecule has 3 heterocycles. The maximum absolute atomic E-state index is 13.0. The number of pyridine rings is 2. The van der Waals surface area contributed by atoms with Gasteiger partial charge in [-0.05, 0) is 36.2 Å². The van der Waals surface area contributed by atoms with Crippen molar-refractivity contribution >= 4 is 34.1 Å². The van der Waals surface area contributed by atoms with Crippen LogP contribution in [0.25, 0.3) is 10.9 Å². The number of carbonyl (C=O) groups excluding carboxylic acids is 1. The van der Waals surface area contributed by atoms with Crippen molar-refractivity contribution in [2.45, 2.75) is 6.42 Å². The molecule has 0 aliphatic carbocycles. The maximum Gasteiger partial charge on any atom is 0.260 e. The number of halogens is 1. The Morgan fingerprint density at radius 3 is 3.05 bits per heavy atom. The van der Waals surface area contributed by atoms with E-state index in [1.807, 2.05) is 30.5 Å². The molecule has 2 aromatic heterocycles. The van der Waals surface area contributed by atoms with Gasteiger partial charge < -0.3 is 4.90 Å². The molecule has 1 aliphatic rings. The summed E-state index contributed by atoms with van der Waals surface area (Å²) in [4.78, 5) is 23.2. The zero-order valence-corrected chi connectivity index (χ0v) is 12.4. The lowest BCUT2D eigenvalue weighted by Crippen LogP contribution is -2.29. The van der Waals surface area contributed by atoms with E-state index in [0.29, 0.717) is 22.6 Å². The van der Waals surface area contributed by atoms with Crippen molar-refractivity contribution in [1.82, 2.24) is 9.97 Å². The maximum atomic E-state index is 13.0. The highest BCUT2D eigenvalue weighted by molar-refractivity contribution is 6.32. The normalized spacial score (nSPS) is 13.4. The molecule has 1 aliphatic heterocycles. The van der Waals surface area contributed by atoms with Crippen LogP contribution in [-0.4, -0.2) is 22.4 Å². The fourth-order valence-electron chi connectivity index (χ4n) is 2.90. The van der Waals surface area contributed by atoms with Crippen LogP contribution in [0.3, 0.4) is 0 Å². The number of nitrogens with zero attached hydrogens (tertiary/aromatic N) is 3. The average molecular weight is 310 g/mol. The molecule has 4 rings (SSSR count). The summed E-state index contributed by atoms with van der Waals surface area (Å²) in [5.41, 5.74) is 3.23. The van der Waals surface area contributed by atoms with E-state index in [0.717, 1.165) is 23.1 Å². The Bertz CT molecular complexity index is 894. The van der Waals surface area contributed by atoms with Gasteiger partial charge in [-0.3, -0.25) is 14.8 Å². The van der Waals surface area contributed by atoms with E-state index in [-0.39, 0.29) is 5.91 Å². The smallest absolute Gasteiger partial charge is 0.260 e. The minimum Gasteiger partial charge on any atom is -0.308 e. The fourth-order valence-corrected chi connectivity index (χ4v) is 3.13. The first-order valence-electron chi connectivity index (χ1n) is 7.03. The zero-order valence-electron chi connectivity index (χ0n) is 11.7. The predicted molar refractivity (Wildman–Crippen MR) is 86.4 cm³/mol. The van der Waals surface area contributed by atoms with Crippen LogP contribution in [0.1, 0.15) is 15.9 Å². The Balaban J connectivity index is 1.85. The van der Waals surface area contributed by atoms with E-state index in [4.69, 9.17) is 11.6 Å². The Labute approximate surface area is 132 Å². The van der Waals surface area contributed by atoms with Gasteiger partial charge in [-0.2, -0.15) is 0 Å². The summed E-state index contributed by atoms with van der Waals surface area (Å²) in [5, 5.41) is 1.41. The topological polar surface area (TPSA) is 46.1 Å². The first kappa shape index (κ1) is 13.2.